The third kappa shape index (κ3) is 6.90. The zero-order valence-corrected chi connectivity index (χ0v) is 17.0. The van der Waals surface area contributed by atoms with Gasteiger partial charge in [0.05, 0.1) is 6.54 Å². The first-order chi connectivity index (χ1) is 12.5. The third-order valence-corrected chi connectivity index (χ3v) is 5.92. The molecule has 0 spiro atoms. The molecule has 5 nitrogen and oxygen atoms in total. The van der Waals surface area contributed by atoms with E-state index in [1.807, 2.05) is 43.0 Å². The third-order valence-electron chi connectivity index (χ3n) is 4.38. The first-order valence-electron chi connectivity index (χ1n) is 9.59. The van der Waals surface area contributed by atoms with Gasteiger partial charge in [-0.15, -0.1) is 0 Å². The Labute approximate surface area is 161 Å². The Bertz CT molecular complexity index is 612. The van der Waals surface area contributed by atoms with Crippen LogP contribution in [0, 0.1) is 0 Å². The van der Waals surface area contributed by atoms with Crippen LogP contribution in [0.2, 0.25) is 0 Å². The lowest BCUT2D eigenvalue weighted by Crippen LogP contribution is -2.43. The molecule has 1 aliphatic heterocycles. The molecule has 0 aromatic heterocycles. The van der Waals surface area contributed by atoms with E-state index < -0.39 is 0 Å². The molecule has 144 valence electrons. The number of amides is 1. The molecule has 1 heterocycles. The molecular weight excluding hydrogens is 344 g/mol. The highest BCUT2D eigenvalue weighted by Crippen LogP contribution is 2.36. The fourth-order valence-corrected chi connectivity index (χ4v) is 4.20. The average Bonchev–Trinajstić information content (AvgIpc) is 3.05. The van der Waals surface area contributed by atoms with E-state index in [0.29, 0.717) is 17.7 Å². The number of hydrogen-bond acceptors (Lipinski definition) is 3. The molecule has 1 aromatic rings. The summed E-state index contributed by atoms with van der Waals surface area (Å²) in [4.78, 5) is 16.5. The number of nitrogens with one attached hydrogen (secondary N) is 3. The van der Waals surface area contributed by atoms with Gasteiger partial charge in [0.15, 0.2) is 5.96 Å². The largest absolute Gasteiger partial charge is 0.357 e. The van der Waals surface area contributed by atoms with Crippen LogP contribution >= 0.6 is 11.8 Å². The van der Waals surface area contributed by atoms with Gasteiger partial charge in [-0.05, 0) is 56.6 Å². The van der Waals surface area contributed by atoms with E-state index in [2.05, 4.69) is 29.8 Å². The number of hydrogen-bond donors (Lipinski definition) is 3. The molecule has 0 bridgehead atoms. The van der Waals surface area contributed by atoms with Crippen LogP contribution < -0.4 is 16.0 Å². The summed E-state index contributed by atoms with van der Waals surface area (Å²) in [6.07, 6.45) is 3.95. The minimum absolute atomic E-state index is 0.0606. The lowest BCUT2D eigenvalue weighted by molar-refractivity contribution is -0.116. The fraction of sp³-hybridized carbons (Fsp3) is 0.600. The predicted octanol–water partition coefficient (Wildman–Crippen LogP) is 3.77. The van der Waals surface area contributed by atoms with Crippen molar-refractivity contribution < 1.29 is 4.79 Å². The van der Waals surface area contributed by atoms with Crippen LogP contribution in [-0.2, 0) is 11.3 Å². The summed E-state index contributed by atoms with van der Waals surface area (Å²) in [5.74, 6) is 2.16. The van der Waals surface area contributed by atoms with Crippen molar-refractivity contribution in [1.29, 1.82) is 0 Å². The number of rotatable bonds is 8. The van der Waals surface area contributed by atoms with E-state index in [9.17, 15) is 4.79 Å². The van der Waals surface area contributed by atoms with E-state index >= 15 is 0 Å². The monoisotopic (exact) mass is 376 g/mol. The number of anilines is 1. The van der Waals surface area contributed by atoms with Crippen LogP contribution in [0.5, 0.6) is 0 Å². The van der Waals surface area contributed by atoms with Gasteiger partial charge in [0.1, 0.15) is 0 Å². The van der Waals surface area contributed by atoms with Crippen molar-refractivity contribution in [2.24, 2.45) is 4.99 Å². The van der Waals surface area contributed by atoms with E-state index in [-0.39, 0.29) is 5.91 Å². The number of nitrogens with zero attached hydrogens (tertiary/aromatic N) is 1. The lowest BCUT2D eigenvalue weighted by atomic mass is 10.1. The highest BCUT2D eigenvalue weighted by molar-refractivity contribution is 8.00. The summed E-state index contributed by atoms with van der Waals surface area (Å²) in [6.45, 7) is 8.75. The number of guanidine groups is 1. The van der Waals surface area contributed by atoms with E-state index in [0.717, 1.165) is 36.7 Å². The molecule has 1 fully saturated rings. The predicted molar refractivity (Wildman–Crippen MR) is 113 cm³/mol. The molecule has 1 aromatic carbocycles. The maximum atomic E-state index is 11.8. The lowest BCUT2D eigenvalue weighted by Gasteiger charge is -2.24. The summed E-state index contributed by atoms with van der Waals surface area (Å²) in [7, 11) is 0. The van der Waals surface area contributed by atoms with Gasteiger partial charge in [-0.25, -0.2) is 4.99 Å². The number of thioether (sulfide) groups is 1. The molecule has 0 aliphatic carbocycles. The van der Waals surface area contributed by atoms with E-state index in [4.69, 9.17) is 4.99 Å². The van der Waals surface area contributed by atoms with Crippen LogP contribution in [0.3, 0.4) is 0 Å². The Hall–Kier alpha value is -1.69. The zero-order chi connectivity index (χ0) is 18.8. The second-order valence-corrected chi connectivity index (χ2v) is 8.63. The molecule has 0 saturated carbocycles. The van der Waals surface area contributed by atoms with Crippen LogP contribution in [-0.4, -0.2) is 35.5 Å². The second kappa shape index (κ2) is 10.5. The Balaban J connectivity index is 1.94. The van der Waals surface area contributed by atoms with Gasteiger partial charge in [0, 0.05) is 29.9 Å². The Morgan fingerprint density at radius 3 is 2.85 bits per heavy atom. The number of carbonyl (C=O) groups excluding carboxylic acids is 1. The number of benzene rings is 1. The van der Waals surface area contributed by atoms with Crippen molar-refractivity contribution in [1.82, 2.24) is 10.6 Å². The van der Waals surface area contributed by atoms with Crippen molar-refractivity contribution >= 4 is 29.3 Å². The molecule has 0 radical (unpaired) electrons. The minimum Gasteiger partial charge on any atom is -0.357 e. The molecule has 2 rings (SSSR count). The summed E-state index contributed by atoms with van der Waals surface area (Å²) < 4.78 is 0.305. The maximum absolute atomic E-state index is 11.8. The van der Waals surface area contributed by atoms with Gasteiger partial charge in [0.25, 0.3) is 0 Å². The summed E-state index contributed by atoms with van der Waals surface area (Å²) in [5.41, 5.74) is 1.92. The molecule has 1 amide bonds. The van der Waals surface area contributed by atoms with Crippen LogP contribution in [0.15, 0.2) is 29.3 Å². The molecule has 6 heteroatoms. The van der Waals surface area contributed by atoms with E-state index in [1.54, 1.807) is 0 Å². The quantitative estimate of drug-likeness (QED) is 0.477. The molecule has 1 unspecified atom stereocenters. The average molecular weight is 377 g/mol. The standard InChI is InChI=1S/C20H32N4OS/c1-4-8-18(25)24-17-10-6-9-16(13-17)14-22-19(21-5-2)23-15-20(3)11-7-12-26-20/h6,9-10,13H,4-5,7-8,11-12,14-15H2,1-3H3,(H,24,25)(H2,21,22,23). The van der Waals surface area contributed by atoms with Gasteiger partial charge < -0.3 is 16.0 Å². The normalized spacial score (nSPS) is 20.0. The first-order valence-corrected chi connectivity index (χ1v) is 10.6. The van der Waals surface area contributed by atoms with Gasteiger partial charge in [-0.2, -0.15) is 11.8 Å². The van der Waals surface area contributed by atoms with Gasteiger partial charge >= 0.3 is 0 Å². The fourth-order valence-electron chi connectivity index (χ4n) is 2.96. The van der Waals surface area contributed by atoms with Crippen LogP contribution in [0.25, 0.3) is 0 Å². The molecular formula is C20H32N4OS. The highest BCUT2D eigenvalue weighted by Gasteiger charge is 2.29. The summed E-state index contributed by atoms with van der Waals surface area (Å²) in [5, 5.41) is 9.74. The Morgan fingerprint density at radius 2 is 2.15 bits per heavy atom. The minimum atomic E-state index is 0.0606. The topological polar surface area (TPSA) is 65.5 Å². The van der Waals surface area contributed by atoms with Crippen LogP contribution in [0.1, 0.15) is 52.0 Å². The summed E-state index contributed by atoms with van der Waals surface area (Å²) >= 11 is 2.05. The van der Waals surface area contributed by atoms with Gasteiger partial charge in [0.2, 0.25) is 5.91 Å². The summed E-state index contributed by atoms with van der Waals surface area (Å²) in [6, 6.07) is 7.91. The van der Waals surface area contributed by atoms with Gasteiger partial charge in [-0.1, -0.05) is 19.1 Å². The Kier molecular flexibility index (Phi) is 8.29. The molecule has 26 heavy (non-hydrogen) atoms. The van der Waals surface area contributed by atoms with Crippen LogP contribution in [0.4, 0.5) is 5.69 Å². The molecule has 3 N–H and O–H groups in total. The molecule has 1 aliphatic rings. The smallest absolute Gasteiger partial charge is 0.224 e. The highest BCUT2D eigenvalue weighted by atomic mass is 32.2. The van der Waals surface area contributed by atoms with Crippen molar-refractivity contribution in [3.63, 3.8) is 0 Å². The van der Waals surface area contributed by atoms with Gasteiger partial charge in [-0.3, -0.25) is 4.79 Å². The van der Waals surface area contributed by atoms with E-state index in [1.165, 1.54) is 18.6 Å². The maximum Gasteiger partial charge on any atom is 0.224 e. The zero-order valence-electron chi connectivity index (χ0n) is 16.2. The second-order valence-electron chi connectivity index (χ2n) is 6.95. The first kappa shape index (κ1) is 20.6. The molecule has 1 atom stereocenters. The number of aliphatic imine (C=N–C) groups is 1. The molecule has 1 saturated heterocycles. The van der Waals surface area contributed by atoms with Crippen molar-refractivity contribution in [3.05, 3.63) is 29.8 Å². The van der Waals surface area contributed by atoms with Crippen molar-refractivity contribution in [3.8, 4) is 0 Å². The Morgan fingerprint density at radius 1 is 1.31 bits per heavy atom. The van der Waals surface area contributed by atoms with Crippen molar-refractivity contribution in [2.75, 3.05) is 24.2 Å². The number of carbonyl (C=O) groups is 1. The van der Waals surface area contributed by atoms with Crippen molar-refractivity contribution in [2.45, 2.75) is 57.7 Å². The SMILES string of the molecule is CCCC(=O)Nc1cccc(CN=C(NCC)NCC2(C)CCCS2)c1.